The van der Waals surface area contributed by atoms with Crippen LogP contribution in [0.3, 0.4) is 0 Å². The first-order valence-corrected chi connectivity index (χ1v) is 7.87. The molecule has 1 saturated carbocycles. The molecule has 0 saturated heterocycles. The number of carbonyl (C=O) groups is 1. The molecule has 7 heteroatoms. The van der Waals surface area contributed by atoms with Crippen molar-refractivity contribution in [2.75, 3.05) is 12.9 Å². The van der Waals surface area contributed by atoms with E-state index < -0.39 is 0 Å². The van der Waals surface area contributed by atoms with E-state index >= 15 is 0 Å². The lowest BCUT2D eigenvalue weighted by atomic mass is 10.1. The van der Waals surface area contributed by atoms with Gasteiger partial charge in [0.1, 0.15) is 0 Å². The van der Waals surface area contributed by atoms with E-state index in [0.717, 1.165) is 18.6 Å². The maximum absolute atomic E-state index is 11.4. The number of rotatable bonds is 7. The van der Waals surface area contributed by atoms with Gasteiger partial charge in [0, 0.05) is 0 Å². The molecule has 6 nitrogen and oxygen atoms in total. The smallest absolute Gasteiger partial charge is 0.306 e. The fraction of sp³-hybridized carbons (Fsp3) is 0.500. The molecule has 2 aromatic heterocycles. The molecule has 0 radical (unpaired) electrons. The highest BCUT2D eigenvalue weighted by Gasteiger charge is 2.44. The van der Waals surface area contributed by atoms with Crippen LogP contribution in [0.5, 0.6) is 0 Å². The van der Waals surface area contributed by atoms with Crippen molar-refractivity contribution in [3.05, 3.63) is 24.3 Å². The topological polar surface area (TPSA) is 78.4 Å². The molecule has 3 rings (SSSR count). The first-order valence-electron chi connectivity index (χ1n) is 6.72. The van der Waals surface area contributed by atoms with E-state index in [1.54, 1.807) is 30.2 Å². The van der Waals surface area contributed by atoms with E-state index in [1.165, 1.54) is 7.11 Å². The number of carbonyl (C=O) groups excluding carboxylic acids is 1. The summed E-state index contributed by atoms with van der Waals surface area (Å²) in [7, 11) is 1.43. The van der Waals surface area contributed by atoms with Crippen molar-refractivity contribution >= 4 is 17.7 Å². The Kier molecular flexibility index (Phi) is 4.01. The molecule has 0 atom stereocenters. The first kappa shape index (κ1) is 14.2. The zero-order chi connectivity index (χ0) is 14.7. The van der Waals surface area contributed by atoms with Crippen LogP contribution in [0.25, 0.3) is 11.7 Å². The van der Waals surface area contributed by atoms with Crippen molar-refractivity contribution in [1.82, 2.24) is 10.2 Å². The number of ether oxygens (including phenoxy) is 1. The Balaban J connectivity index is 1.49. The minimum Gasteiger partial charge on any atom is -0.469 e. The number of hydrogen-bond acceptors (Lipinski definition) is 7. The Morgan fingerprint density at radius 1 is 1.48 bits per heavy atom. The van der Waals surface area contributed by atoms with E-state index in [0.29, 0.717) is 29.7 Å². The molecule has 0 amide bonds. The average Bonchev–Trinajstić information content (AvgIpc) is 2.93. The van der Waals surface area contributed by atoms with Crippen molar-refractivity contribution < 1.29 is 18.4 Å². The highest BCUT2D eigenvalue weighted by Crippen LogP contribution is 2.51. The molecule has 21 heavy (non-hydrogen) atoms. The number of furan rings is 1. The quantitative estimate of drug-likeness (QED) is 0.728. The summed E-state index contributed by atoms with van der Waals surface area (Å²) >= 11 is 1.70. The second-order valence-corrected chi connectivity index (χ2v) is 6.21. The number of thioether (sulfide) groups is 1. The van der Waals surface area contributed by atoms with Gasteiger partial charge in [-0.3, -0.25) is 4.79 Å². The molecule has 0 aromatic carbocycles. The molecule has 2 aromatic rings. The maximum Gasteiger partial charge on any atom is 0.306 e. The van der Waals surface area contributed by atoms with Crippen molar-refractivity contribution in [3.8, 4) is 11.7 Å². The lowest BCUT2D eigenvalue weighted by Crippen LogP contribution is -2.13. The van der Waals surface area contributed by atoms with Gasteiger partial charge < -0.3 is 13.6 Å². The van der Waals surface area contributed by atoms with Crippen molar-refractivity contribution in [1.29, 1.82) is 0 Å². The van der Waals surface area contributed by atoms with Gasteiger partial charge >= 0.3 is 5.97 Å². The molecule has 0 N–H and O–H groups in total. The predicted octanol–water partition coefficient (Wildman–Crippen LogP) is 2.91. The van der Waals surface area contributed by atoms with Gasteiger partial charge in [0.25, 0.3) is 5.89 Å². The summed E-state index contributed by atoms with van der Waals surface area (Å²) in [6.07, 6.45) is 4.22. The Morgan fingerprint density at radius 2 is 2.33 bits per heavy atom. The average molecular weight is 308 g/mol. The molecule has 0 aliphatic heterocycles. The largest absolute Gasteiger partial charge is 0.469 e. The molecule has 0 bridgehead atoms. The Morgan fingerprint density at radius 3 is 3.00 bits per heavy atom. The fourth-order valence-corrected chi connectivity index (χ4v) is 3.31. The summed E-state index contributed by atoms with van der Waals surface area (Å²) in [6, 6.07) is 3.55. The number of esters is 1. The number of hydrogen-bond donors (Lipinski definition) is 0. The molecule has 2 heterocycles. The van der Waals surface area contributed by atoms with Gasteiger partial charge in [-0.25, -0.2) is 0 Å². The van der Waals surface area contributed by atoms with Crippen molar-refractivity contribution in [2.24, 2.45) is 5.41 Å². The van der Waals surface area contributed by atoms with E-state index in [4.69, 9.17) is 13.6 Å². The maximum atomic E-state index is 11.4. The van der Waals surface area contributed by atoms with Crippen LogP contribution in [0, 0.1) is 5.41 Å². The van der Waals surface area contributed by atoms with E-state index in [9.17, 15) is 4.79 Å². The first-order chi connectivity index (χ1) is 10.2. The molecule has 0 spiro atoms. The van der Waals surface area contributed by atoms with Crippen molar-refractivity contribution in [2.45, 2.75) is 25.0 Å². The van der Waals surface area contributed by atoms with Crippen molar-refractivity contribution in [3.63, 3.8) is 0 Å². The van der Waals surface area contributed by atoms with E-state index in [1.807, 2.05) is 0 Å². The minimum atomic E-state index is -0.133. The zero-order valence-electron chi connectivity index (χ0n) is 11.7. The molecule has 0 unspecified atom stereocenters. The lowest BCUT2D eigenvalue weighted by Gasteiger charge is -2.11. The summed E-state index contributed by atoms with van der Waals surface area (Å²) in [4.78, 5) is 11.4. The van der Waals surface area contributed by atoms with Gasteiger partial charge in [-0.2, -0.15) is 11.8 Å². The molecular weight excluding hydrogens is 292 g/mol. The van der Waals surface area contributed by atoms with Crippen LogP contribution < -0.4 is 0 Å². The van der Waals surface area contributed by atoms with Crippen LogP contribution in [-0.2, 0) is 15.3 Å². The second-order valence-electron chi connectivity index (χ2n) is 5.22. The monoisotopic (exact) mass is 308 g/mol. The number of nitrogens with zero attached hydrogens (tertiary/aromatic N) is 2. The Hall–Kier alpha value is -1.76. The van der Waals surface area contributed by atoms with Crippen LogP contribution in [0.1, 0.15) is 25.2 Å². The van der Waals surface area contributed by atoms with Gasteiger partial charge in [-0.05, 0) is 36.1 Å². The van der Waals surface area contributed by atoms with Gasteiger partial charge in [-0.15, -0.1) is 10.2 Å². The summed E-state index contributed by atoms with van der Waals surface area (Å²) < 4.78 is 15.5. The van der Waals surface area contributed by atoms with Crippen LogP contribution in [0.4, 0.5) is 0 Å². The normalized spacial score (nSPS) is 15.9. The molecular formula is C14H16N2O4S. The predicted molar refractivity (Wildman–Crippen MR) is 76.5 cm³/mol. The molecule has 1 aliphatic rings. The third-order valence-corrected chi connectivity index (χ3v) is 4.80. The fourth-order valence-electron chi connectivity index (χ4n) is 2.09. The van der Waals surface area contributed by atoms with Crippen LogP contribution >= 0.6 is 11.8 Å². The highest BCUT2D eigenvalue weighted by atomic mass is 32.2. The molecule has 112 valence electrons. The Labute approximate surface area is 126 Å². The standard InChI is InChI=1S/C14H16N2O4S/c1-18-12(17)7-14(4-5-14)9-21-8-11-15-16-13(20-11)10-3-2-6-19-10/h2-3,6H,4-5,7-9H2,1H3. The van der Waals surface area contributed by atoms with E-state index in [-0.39, 0.29) is 11.4 Å². The molecule has 1 fully saturated rings. The minimum absolute atomic E-state index is 0.113. The van der Waals surface area contributed by atoms with Gasteiger partial charge in [0.05, 0.1) is 25.5 Å². The summed E-state index contributed by atoms with van der Waals surface area (Å²) in [6.45, 7) is 0. The van der Waals surface area contributed by atoms with Gasteiger partial charge in [-0.1, -0.05) is 0 Å². The van der Waals surface area contributed by atoms with Crippen LogP contribution in [0.2, 0.25) is 0 Å². The SMILES string of the molecule is COC(=O)CC1(CSCc2nnc(-c3ccco3)o2)CC1. The lowest BCUT2D eigenvalue weighted by molar-refractivity contribution is -0.141. The summed E-state index contributed by atoms with van der Waals surface area (Å²) in [5.74, 6) is 2.94. The highest BCUT2D eigenvalue weighted by molar-refractivity contribution is 7.98. The third-order valence-electron chi connectivity index (χ3n) is 3.54. The number of aromatic nitrogens is 2. The van der Waals surface area contributed by atoms with Crippen LogP contribution in [0.15, 0.2) is 27.2 Å². The van der Waals surface area contributed by atoms with E-state index in [2.05, 4.69) is 10.2 Å². The number of methoxy groups -OCH3 is 1. The third kappa shape index (κ3) is 3.47. The molecule has 1 aliphatic carbocycles. The van der Waals surface area contributed by atoms with Crippen LogP contribution in [-0.4, -0.2) is 29.0 Å². The summed E-state index contributed by atoms with van der Waals surface area (Å²) in [5, 5.41) is 7.95. The second kappa shape index (κ2) is 5.93. The zero-order valence-corrected chi connectivity index (χ0v) is 12.5. The Bertz CT molecular complexity index is 604. The van der Waals surface area contributed by atoms with Gasteiger partial charge in [0.2, 0.25) is 5.89 Å². The summed E-state index contributed by atoms with van der Waals surface area (Å²) in [5.41, 5.74) is 0.113. The van der Waals surface area contributed by atoms with Gasteiger partial charge in [0.15, 0.2) is 5.76 Å².